The van der Waals surface area contributed by atoms with Crippen LogP contribution in [0.3, 0.4) is 0 Å². The SMILES string of the molecule is CC(C)C(C)C(=O)N(CCBr)C(C)C. The fraction of sp³-hybridized carbons (Fsp3) is 0.909. The van der Waals surface area contributed by atoms with Gasteiger partial charge in [-0.2, -0.15) is 0 Å². The molecule has 0 fully saturated rings. The van der Waals surface area contributed by atoms with Gasteiger partial charge in [-0.3, -0.25) is 4.79 Å². The highest BCUT2D eigenvalue weighted by molar-refractivity contribution is 9.09. The Kier molecular flexibility index (Phi) is 6.41. The maximum absolute atomic E-state index is 12.0. The summed E-state index contributed by atoms with van der Waals surface area (Å²) in [6.07, 6.45) is 0. The van der Waals surface area contributed by atoms with Gasteiger partial charge < -0.3 is 4.90 Å². The monoisotopic (exact) mass is 263 g/mol. The highest BCUT2D eigenvalue weighted by atomic mass is 79.9. The van der Waals surface area contributed by atoms with E-state index in [1.54, 1.807) is 0 Å². The molecular formula is C11H22BrNO. The first-order valence-corrected chi connectivity index (χ1v) is 6.40. The van der Waals surface area contributed by atoms with Crippen molar-refractivity contribution in [3.63, 3.8) is 0 Å². The van der Waals surface area contributed by atoms with Crippen molar-refractivity contribution in [3.05, 3.63) is 0 Å². The Bertz CT molecular complexity index is 180. The van der Waals surface area contributed by atoms with E-state index in [1.165, 1.54) is 0 Å². The predicted octanol–water partition coefficient (Wildman–Crippen LogP) is 2.91. The number of amides is 1. The molecule has 0 aliphatic heterocycles. The van der Waals surface area contributed by atoms with Crippen molar-refractivity contribution < 1.29 is 4.79 Å². The zero-order chi connectivity index (χ0) is 11.3. The van der Waals surface area contributed by atoms with Gasteiger partial charge in [-0.05, 0) is 19.8 Å². The van der Waals surface area contributed by atoms with Crippen molar-refractivity contribution in [2.75, 3.05) is 11.9 Å². The first kappa shape index (κ1) is 13.9. The third-order valence-electron chi connectivity index (χ3n) is 2.62. The molecular weight excluding hydrogens is 242 g/mol. The average molecular weight is 264 g/mol. The Hall–Kier alpha value is -0.0500. The summed E-state index contributed by atoms with van der Waals surface area (Å²) in [7, 11) is 0. The fourth-order valence-corrected chi connectivity index (χ4v) is 1.64. The smallest absolute Gasteiger partial charge is 0.225 e. The minimum Gasteiger partial charge on any atom is -0.339 e. The minimum absolute atomic E-state index is 0.122. The summed E-state index contributed by atoms with van der Waals surface area (Å²) in [5, 5.41) is 0.849. The van der Waals surface area contributed by atoms with Crippen LogP contribution in [-0.4, -0.2) is 28.7 Å². The summed E-state index contributed by atoms with van der Waals surface area (Å²) >= 11 is 3.38. The number of halogens is 1. The lowest BCUT2D eigenvalue weighted by Crippen LogP contribution is -2.42. The summed E-state index contributed by atoms with van der Waals surface area (Å²) in [6, 6.07) is 0.293. The van der Waals surface area contributed by atoms with Gasteiger partial charge in [0, 0.05) is 23.8 Å². The molecule has 0 saturated carbocycles. The average Bonchev–Trinajstić information content (AvgIpc) is 2.11. The number of alkyl halides is 1. The number of hydrogen-bond donors (Lipinski definition) is 0. The van der Waals surface area contributed by atoms with Crippen molar-refractivity contribution >= 4 is 21.8 Å². The quantitative estimate of drug-likeness (QED) is 0.699. The molecule has 0 aromatic rings. The molecule has 0 aliphatic carbocycles. The lowest BCUT2D eigenvalue weighted by atomic mass is 9.96. The molecule has 0 aromatic heterocycles. The number of rotatable bonds is 5. The van der Waals surface area contributed by atoms with Crippen LogP contribution in [0.4, 0.5) is 0 Å². The minimum atomic E-state index is 0.122. The molecule has 1 atom stereocenters. The molecule has 0 bridgehead atoms. The Morgan fingerprint density at radius 3 is 2.00 bits per heavy atom. The van der Waals surface area contributed by atoms with Gasteiger partial charge in [0.2, 0.25) is 5.91 Å². The molecule has 0 radical (unpaired) electrons. The summed E-state index contributed by atoms with van der Waals surface area (Å²) in [4.78, 5) is 14.0. The van der Waals surface area contributed by atoms with E-state index in [0.29, 0.717) is 12.0 Å². The van der Waals surface area contributed by atoms with E-state index in [4.69, 9.17) is 0 Å². The second kappa shape index (κ2) is 6.44. The summed E-state index contributed by atoms with van der Waals surface area (Å²) in [6.45, 7) is 11.1. The number of nitrogens with zero attached hydrogens (tertiary/aromatic N) is 1. The van der Waals surface area contributed by atoms with Gasteiger partial charge in [0.15, 0.2) is 0 Å². The van der Waals surface area contributed by atoms with Crippen LogP contribution in [-0.2, 0) is 4.79 Å². The van der Waals surface area contributed by atoms with Crippen LogP contribution in [0.25, 0.3) is 0 Å². The largest absolute Gasteiger partial charge is 0.339 e. The lowest BCUT2D eigenvalue weighted by Gasteiger charge is -2.30. The highest BCUT2D eigenvalue weighted by Crippen LogP contribution is 2.15. The standard InChI is InChI=1S/C11H22BrNO/c1-8(2)10(5)11(14)13(7-6-12)9(3)4/h8-10H,6-7H2,1-5H3. The van der Waals surface area contributed by atoms with Crippen LogP contribution in [0, 0.1) is 11.8 Å². The molecule has 0 heterocycles. The molecule has 0 rings (SSSR count). The molecule has 0 aromatic carbocycles. The van der Waals surface area contributed by atoms with E-state index >= 15 is 0 Å². The van der Waals surface area contributed by atoms with Crippen molar-refractivity contribution in [3.8, 4) is 0 Å². The maximum Gasteiger partial charge on any atom is 0.225 e. The second-order valence-corrected chi connectivity index (χ2v) is 5.14. The Morgan fingerprint density at radius 2 is 1.71 bits per heavy atom. The van der Waals surface area contributed by atoms with Gasteiger partial charge in [-0.1, -0.05) is 36.7 Å². The summed E-state index contributed by atoms with van der Waals surface area (Å²) in [5.74, 6) is 0.810. The van der Waals surface area contributed by atoms with Crippen LogP contribution in [0.2, 0.25) is 0 Å². The molecule has 1 amide bonds. The van der Waals surface area contributed by atoms with Crippen LogP contribution in [0.1, 0.15) is 34.6 Å². The van der Waals surface area contributed by atoms with Gasteiger partial charge in [-0.15, -0.1) is 0 Å². The van der Waals surface area contributed by atoms with Crippen LogP contribution in [0.15, 0.2) is 0 Å². The molecule has 0 aliphatic rings. The molecule has 2 nitrogen and oxygen atoms in total. The van der Waals surface area contributed by atoms with Crippen molar-refractivity contribution in [1.82, 2.24) is 4.90 Å². The van der Waals surface area contributed by atoms with Crippen molar-refractivity contribution in [2.45, 2.75) is 40.7 Å². The summed E-state index contributed by atoms with van der Waals surface area (Å²) < 4.78 is 0. The van der Waals surface area contributed by atoms with Gasteiger partial charge in [0.1, 0.15) is 0 Å². The van der Waals surface area contributed by atoms with Crippen molar-refractivity contribution in [1.29, 1.82) is 0 Å². The first-order valence-electron chi connectivity index (χ1n) is 5.28. The molecule has 3 heteroatoms. The van der Waals surface area contributed by atoms with E-state index in [2.05, 4.69) is 43.6 Å². The lowest BCUT2D eigenvalue weighted by molar-refractivity contribution is -0.137. The van der Waals surface area contributed by atoms with E-state index in [-0.39, 0.29) is 11.8 Å². The zero-order valence-corrected chi connectivity index (χ0v) is 11.5. The normalized spacial score (nSPS) is 13.4. The fourth-order valence-electron chi connectivity index (χ4n) is 1.26. The third kappa shape index (κ3) is 3.99. The van der Waals surface area contributed by atoms with Crippen LogP contribution >= 0.6 is 15.9 Å². The Labute approximate surface area is 96.2 Å². The highest BCUT2D eigenvalue weighted by Gasteiger charge is 2.24. The van der Waals surface area contributed by atoms with Gasteiger partial charge in [-0.25, -0.2) is 0 Å². The third-order valence-corrected chi connectivity index (χ3v) is 2.98. The van der Waals surface area contributed by atoms with E-state index in [1.807, 2.05) is 11.8 Å². The molecule has 14 heavy (non-hydrogen) atoms. The zero-order valence-electron chi connectivity index (χ0n) is 9.88. The van der Waals surface area contributed by atoms with Crippen molar-refractivity contribution in [2.24, 2.45) is 11.8 Å². The maximum atomic E-state index is 12.0. The van der Waals surface area contributed by atoms with E-state index < -0.39 is 0 Å². The topological polar surface area (TPSA) is 20.3 Å². The molecule has 0 spiro atoms. The van der Waals surface area contributed by atoms with Gasteiger partial charge in [0.05, 0.1) is 0 Å². The number of carbonyl (C=O) groups excluding carboxylic acids is 1. The molecule has 84 valence electrons. The van der Waals surface area contributed by atoms with E-state index in [0.717, 1.165) is 11.9 Å². The Balaban J connectivity index is 4.43. The molecule has 1 unspecified atom stereocenters. The van der Waals surface area contributed by atoms with Crippen LogP contribution < -0.4 is 0 Å². The Morgan fingerprint density at radius 1 is 1.21 bits per heavy atom. The number of hydrogen-bond acceptors (Lipinski definition) is 1. The summed E-state index contributed by atoms with van der Waals surface area (Å²) in [5.41, 5.74) is 0. The van der Waals surface area contributed by atoms with Gasteiger partial charge in [0.25, 0.3) is 0 Å². The molecule has 0 saturated heterocycles. The molecule has 0 N–H and O–H groups in total. The van der Waals surface area contributed by atoms with Crippen LogP contribution in [0.5, 0.6) is 0 Å². The van der Waals surface area contributed by atoms with E-state index in [9.17, 15) is 4.79 Å². The first-order chi connectivity index (χ1) is 6.41. The predicted molar refractivity (Wildman–Crippen MR) is 64.6 cm³/mol. The second-order valence-electron chi connectivity index (χ2n) is 4.35. The number of carbonyl (C=O) groups is 1. The van der Waals surface area contributed by atoms with Gasteiger partial charge >= 0.3 is 0 Å².